The van der Waals surface area contributed by atoms with Gasteiger partial charge in [-0.15, -0.1) is 0 Å². The van der Waals surface area contributed by atoms with E-state index >= 15 is 0 Å². The van der Waals surface area contributed by atoms with Crippen LogP contribution in [0.2, 0.25) is 0 Å². The Morgan fingerprint density at radius 1 is 1.20 bits per heavy atom. The van der Waals surface area contributed by atoms with Crippen molar-refractivity contribution in [3.8, 4) is 0 Å². The number of amides is 1. The van der Waals surface area contributed by atoms with Crippen LogP contribution in [0.25, 0.3) is 0 Å². The summed E-state index contributed by atoms with van der Waals surface area (Å²) in [5.41, 5.74) is 1.19. The quantitative estimate of drug-likeness (QED) is 0.716. The Labute approximate surface area is 119 Å². The van der Waals surface area contributed by atoms with Crippen LogP contribution in [0.15, 0.2) is 30.3 Å². The van der Waals surface area contributed by atoms with Crippen LogP contribution in [-0.4, -0.2) is 50.1 Å². The van der Waals surface area contributed by atoms with E-state index in [1.54, 1.807) is 4.90 Å². The summed E-state index contributed by atoms with van der Waals surface area (Å²) in [5.74, 6) is -0.407. The third kappa shape index (κ3) is 6.33. The highest BCUT2D eigenvalue weighted by Crippen LogP contribution is 1.98. The first kappa shape index (κ1) is 16.2. The first-order valence-corrected chi connectivity index (χ1v) is 6.75. The first-order chi connectivity index (χ1) is 9.65. The smallest absolute Gasteiger partial charge is 0.319 e. The fraction of sp³-hybridized carbons (Fsp3) is 0.467. The topological polar surface area (TPSA) is 58.6 Å². The molecule has 0 heterocycles. The molecule has 1 aromatic rings. The highest BCUT2D eigenvalue weighted by Gasteiger charge is 2.12. The molecule has 0 aromatic heterocycles. The fourth-order valence-electron chi connectivity index (χ4n) is 1.78. The number of carbonyl (C=O) groups is 2. The average Bonchev–Trinajstić information content (AvgIpc) is 2.47. The third-order valence-electron chi connectivity index (χ3n) is 2.97. The lowest BCUT2D eigenvalue weighted by molar-refractivity contribution is -0.142. The van der Waals surface area contributed by atoms with Crippen molar-refractivity contribution < 1.29 is 14.3 Å². The Kier molecular flexibility index (Phi) is 7.35. The molecule has 1 aromatic carbocycles. The second kappa shape index (κ2) is 9.09. The van der Waals surface area contributed by atoms with E-state index in [0.29, 0.717) is 13.1 Å². The highest BCUT2D eigenvalue weighted by molar-refractivity contribution is 5.79. The van der Waals surface area contributed by atoms with Crippen LogP contribution in [0.1, 0.15) is 12.5 Å². The first-order valence-electron chi connectivity index (χ1n) is 6.75. The molecular weight excluding hydrogens is 256 g/mol. The molecule has 5 heteroatoms. The minimum Gasteiger partial charge on any atom is -0.468 e. The summed E-state index contributed by atoms with van der Waals surface area (Å²) in [4.78, 5) is 24.7. The molecule has 0 saturated carbocycles. The molecule has 1 amide bonds. The van der Waals surface area contributed by atoms with Gasteiger partial charge in [0.2, 0.25) is 5.91 Å². The van der Waals surface area contributed by atoms with Gasteiger partial charge in [0.1, 0.15) is 0 Å². The lowest BCUT2D eigenvalue weighted by atomic mass is 10.1. The van der Waals surface area contributed by atoms with E-state index in [4.69, 9.17) is 0 Å². The van der Waals surface area contributed by atoms with Crippen LogP contribution in [0.4, 0.5) is 0 Å². The number of ether oxygens (including phenoxy) is 1. The molecule has 0 bridgehead atoms. The van der Waals surface area contributed by atoms with Gasteiger partial charge in [0.25, 0.3) is 0 Å². The summed E-state index contributed by atoms with van der Waals surface area (Å²) in [5, 5.41) is 2.85. The van der Waals surface area contributed by atoms with Crippen LogP contribution in [-0.2, 0) is 20.7 Å². The number of esters is 1. The molecule has 0 aliphatic rings. The van der Waals surface area contributed by atoms with Gasteiger partial charge in [-0.3, -0.25) is 14.5 Å². The van der Waals surface area contributed by atoms with Crippen molar-refractivity contribution in [2.45, 2.75) is 13.3 Å². The van der Waals surface area contributed by atoms with Gasteiger partial charge in [0, 0.05) is 6.54 Å². The molecular formula is C15H22N2O3. The van der Waals surface area contributed by atoms with Crippen LogP contribution in [0.3, 0.4) is 0 Å². The molecule has 0 unspecified atom stereocenters. The zero-order valence-electron chi connectivity index (χ0n) is 12.1. The molecule has 0 aliphatic carbocycles. The lowest BCUT2D eigenvalue weighted by Crippen LogP contribution is -2.40. The number of likely N-dealkylation sites (N-methyl/N-ethyl adjacent to an activating group) is 1. The Hall–Kier alpha value is -1.88. The maximum Gasteiger partial charge on any atom is 0.319 e. The summed E-state index contributed by atoms with van der Waals surface area (Å²) in [6.45, 7) is 3.47. The number of nitrogens with zero attached hydrogens (tertiary/aromatic N) is 1. The average molecular weight is 278 g/mol. The molecule has 0 atom stereocenters. The maximum atomic E-state index is 11.8. The molecule has 0 saturated heterocycles. The fourth-order valence-corrected chi connectivity index (χ4v) is 1.78. The largest absolute Gasteiger partial charge is 0.468 e. The summed E-state index contributed by atoms with van der Waals surface area (Å²) in [6.07, 6.45) is 0.801. The van der Waals surface area contributed by atoms with Gasteiger partial charge >= 0.3 is 5.97 Å². The van der Waals surface area contributed by atoms with E-state index in [0.717, 1.165) is 6.42 Å². The number of nitrogens with one attached hydrogen (secondary N) is 1. The monoisotopic (exact) mass is 278 g/mol. The molecule has 1 N–H and O–H groups in total. The zero-order chi connectivity index (χ0) is 14.8. The van der Waals surface area contributed by atoms with Crippen LogP contribution in [0, 0.1) is 0 Å². The van der Waals surface area contributed by atoms with Gasteiger partial charge < -0.3 is 10.1 Å². The number of carbonyl (C=O) groups excluding carboxylic acids is 2. The van der Waals surface area contributed by atoms with Gasteiger partial charge in [0.05, 0.1) is 20.2 Å². The third-order valence-corrected chi connectivity index (χ3v) is 2.97. The predicted octanol–water partition coefficient (Wildman–Crippen LogP) is 0.840. The predicted molar refractivity (Wildman–Crippen MR) is 77.3 cm³/mol. The number of benzene rings is 1. The van der Waals surface area contributed by atoms with Crippen molar-refractivity contribution in [2.75, 3.05) is 33.3 Å². The van der Waals surface area contributed by atoms with Gasteiger partial charge in [-0.05, 0) is 18.5 Å². The summed E-state index contributed by atoms with van der Waals surface area (Å²) in [6, 6.07) is 9.98. The molecule has 0 spiro atoms. The van der Waals surface area contributed by atoms with Crippen molar-refractivity contribution >= 4 is 11.9 Å². The van der Waals surface area contributed by atoms with Gasteiger partial charge in [-0.2, -0.15) is 0 Å². The van der Waals surface area contributed by atoms with E-state index < -0.39 is 0 Å². The highest BCUT2D eigenvalue weighted by atomic mass is 16.5. The van der Waals surface area contributed by atoms with Crippen molar-refractivity contribution in [3.05, 3.63) is 35.9 Å². The van der Waals surface area contributed by atoms with Gasteiger partial charge in [-0.25, -0.2) is 0 Å². The second-order valence-corrected chi connectivity index (χ2v) is 4.46. The lowest BCUT2D eigenvalue weighted by Gasteiger charge is -2.18. The van der Waals surface area contributed by atoms with Gasteiger partial charge in [0.15, 0.2) is 0 Å². The Morgan fingerprint density at radius 2 is 1.90 bits per heavy atom. The Bertz CT molecular complexity index is 420. The molecule has 5 nitrogen and oxygen atoms in total. The number of rotatable bonds is 8. The summed E-state index contributed by atoms with van der Waals surface area (Å²) in [7, 11) is 1.34. The van der Waals surface area contributed by atoms with Crippen molar-refractivity contribution in [1.82, 2.24) is 10.2 Å². The number of methoxy groups -OCH3 is 1. The van der Waals surface area contributed by atoms with Crippen molar-refractivity contribution in [2.24, 2.45) is 0 Å². The van der Waals surface area contributed by atoms with E-state index in [1.165, 1.54) is 12.7 Å². The van der Waals surface area contributed by atoms with Gasteiger partial charge in [-0.1, -0.05) is 37.3 Å². The minimum absolute atomic E-state index is 0.0771. The normalized spacial score (nSPS) is 10.3. The molecule has 0 radical (unpaired) electrons. The molecule has 20 heavy (non-hydrogen) atoms. The molecule has 110 valence electrons. The van der Waals surface area contributed by atoms with Crippen LogP contribution >= 0.6 is 0 Å². The SMILES string of the molecule is CCN(CC(=O)NCCc1ccccc1)CC(=O)OC. The van der Waals surface area contributed by atoms with E-state index in [-0.39, 0.29) is 25.0 Å². The van der Waals surface area contributed by atoms with Crippen LogP contribution in [0.5, 0.6) is 0 Å². The number of hydrogen-bond acceptors (Lipinski definition) is 4. The summed E-state index contributed by atoms with van der Waals surface area (Å²) >= 11 is 0. The summed E-state index contributed by atoms with van der Waals surface area (Å²) < 4.78 is 4.59. The second-order valence-electron chi connectivity index (χ2n) is 4.46. The van der Waals surface area contributed by atoms with E-state index in [9.17, 15) is 9.59 Å². The zero-order valence-corrected chi connectivity index (χ0v) is 12.1. The van der Waals surface area contributed by atoms with E-state index in [1.807, 2.05) is 37.3 Å². The molecule has 1 rings (SSSR count). The van der Waals surface area contributed by atoms with E-state index in [2.05, 4.69) is 10.1 Å². The standard InChI is InChI=1S/C15H22N2O3/c1-3-17(12-15(19)20-2)11-14(18)16-10-9-13-7-5-4-6-8-13/h4-8H,3,9-12H2,1-2H3,(H,16,18). The minimum atomic E-state index is -0.330. The maximum absolute atomic E-state index is 11.8. The number of hydrogen-bond donors (Lipinski definition) is 1. The van der Waals surface area contributed by atoms with Crippen molar-refractivity contribution in [3.63, 3.8) is 0 Å². The van der Waals surface area contributed by atoms with Crippen molar-refractivity contribution in [1.29, 1.82) is 0 Å². The Balaban J connectivity index is 2.26. The Morgan fingerprint density at radius 3 is 2.50 bits per heavy atom. The van der Waals surface area contributed by atoms with Crippen LogP contribution < -0.4 is 5.32 Å². The molecule has 0 fully saturated rings. The molecule has 0 aliphatic heterocycles.